The predicted molar refractivity (Wildman–Crippen MR) is 117 cm³/mol. The lowest BCUT2D eigenvalue weighted by Crippen LogP contribution is -2.47. The van der Waals surface area contributed by atoms with E-state index in [-0.39, 0.29) is 11.8 Å². The summed E-state index contributed by atoms with van der Waals surface area (Å²) in [6.45, 7) is 0.329. The molecule has 1 atom stereocenters. The molecule has 0 saturated carbocycles. The summed E-state index contributed by atoms with van der Waals surface area (Å²) in [6, 6.07) is 14.0. The van der Waals surface area contributed by atoms with Gasteiger partial charge in [0, 0.05) is 0 Å². The molecule has 1 aromatic heterocycles. The molecular weight excluding hydrogens is 414 g/mol. The third-order valence-corrected chi connectivity index (χ3v) is 6.11. The van der Waals surface area contributed by atoms with Crippen LogP contribution in [-0.2, 0) is 11.3 Å². The van der Waals surface area contributed by atoms with E-state index in [1.54, 1.807) is 47.4 Å². The number of thiazole rings is 1. The smallest absolute Gasteiger partial charge is 0.253 e. The molecule has 2 amide bonds. The molecule has 3 rings (SSSR count). The SMILES string of the molecule is CSCCC(NC(=O)c1ccccc1Cl)C(=O)NCc1nc2ccccc2s1. The summed E-state index contributed by atoms with van der Waals surface area (Å²) in [5.41, 5.74) is 1.28. The lowest BCUT2D eigenvalue weighted by Gasteiger charge is -2.18. The zero-order valence-corrected chi connectivity index (χ0v) is 17.7. The second-order valence-corrected chi connectivity index (χ2v) is 8.59. The monoisotopic (exact) mass is 433 g/mol. The van der Waals surface area contributed by atoms with Crippen molar-refractivity contribution >= 4 is 56.7 Å². The van der Waals surface area contributed by atoms with Crippen molar-refractivity contribution in [3.63, 3.8) is 0 Å². The van der Waals surface area contributed by atoms with Crippen molar-refractivity contribution in [3.05, 3.63) is 64.1 Å². The van der Waals surface area contributed by atoms with Gasteiger partial charge < -0.3 is 10.6 Å². The van der Waals surface area contributed by atoms with Crippen molar-refractivity contribution in [2.24, 2.45) is 0 Å². The standard InChI is InChI=1S/C20H20ClN3O2S2/c1-27-11-10-16(24-19(25)13-6-2-3-7-14(13)21)20(26)22-12-18-23-15-8-4-5-9-17(15)28-18/h2-9,16H,10-12H2,1H3,(H,22,26)(H,24,25). The topological polar surface area (TPSA) is 71.1 Å². The zero-order chi connectivity index (χ0) is 19.9. The Morgan fingerprint density at radius 3 is 2.68 bits per heavy atom. The Bertz CT molecular complexity index is 944. The maximum atomic E-state index is 12.7. The van der Waals surface area contributed by atoms with Crippen molar-refractivity contribution in [3.8, 4) is 0 Å². The summed E-state index contributed by atoms with van der Waals surface area (Å²) in [7, 11) is 0. The van der Waals surface area contributed by atoms with E-state index in [2.05, 4.69) is 15.6 Å². The van der Waals surface area contributed by atoms with E-state index >= 15 is 0 Å². The van der Waals surface area contributed by atoms with Crippen molar-refractivity contribution in [2.45, 2.75) is 19.0 Å². The fourth-order valence-corrected chi connectivity index (χ4v) is 4.27. The minimum absolute atomic E-state index is 0.228. The Morgan fingerprint density at radius 2 is 1.93 bits per heavy atom. The number of rotatable bonds is 8. The highest BCUT2D eigenvalue weighted by molar-refractivity contribution is 7.98. The summed E-state index contributed by atoms with van der Waals surface area (Å²) in [4.78, 5) is 29.8. The summed E-state index contributed by atoms with van der Waals surface area (Å²) in [6.07, 6.45) is 2.50. The third-order valence-electron chi connectivity index (χ3n) is 4.10. The van der Waals surface area contributed by atoms with E-state index < -0.39 is 6.04 Å². The number of nitrogens with zero attached hydrogens (tertiary/aromatic N) is 1. The highest BCUT2D eigenvalue weighted by Gasteiger charge is 2.22. The predicted octanol–water partition coefficient (Wildman–Crippen LogP) is 4.12. The number of hydrogen-bond acceptors (Lipinski definition) is 5. The second-order valence-electron chi connectivity index (χ2n) is 6.08. The fraction of sp³-hybridized carbons (Fsp3) is 0.250. The molecule has 0 saturated heterocycles. The Labute approximate surface area is 176 Å². The number of aromatic nitrogens is 1. The molecule has 0 aliphatic carbocycles. The lowest BCUT2D eigenvalue weighted by molar-refractivity contribution is -0.123. The normalized spacial score (nSPS) is 11.9. The minimum atomic E-state index is -0.634. The first-order valence-corrected chi connectivity index (χ1v) is 11.3. The van der Waals surface area contributed by atoms with Gasteiger partial charge in [0.15, 0.2) is 0 Å². The number of halogens is 1. The molecule has 28 heavy (non-hydrogen) atoms. The van der Waals surface area contributed by atoms with Crippen LogP contribution < -0.4 is 10.6 Å². The molecule has 1 heterocycles. The van der Waals surface area contributed by atoms with Crippen LogP contribution in [0.3, 0.4) is 0 Å². The molecule has 0 radical (unpaired) electrons. The van der Waals surface area contributed by atoms with Gasteiger partial charge in [-0.3, -0.25) is 9.59 Å². The van der Waals surface area contributed by atoms with E-state index in [9.17, 15) is 9.59 Å². The van der Waals surface area contributed by atoms with E-state index in [0.29, 0.717) is 23.6 Å². The maximum Gasteiger partial charge on any atom is 0.253 e. The molecule has 8 heteroatoms. The van der Waals surface area contributed by atoms with E-state index in [1.165, 1.54) is 0 Å². The molecule has 0 aliphatic heterocycles. The molecular formula is C20H20ClN3O2S2. The van der Waals surface area contributed by atoms with Gasteiger partial charge in [-0.25, -0.2) is 4.98 Å². The summed E-state index contributed by atoms with van der Waals surface area (Å²) in [5.74, 6) is 0.169. The van der Waals surface area contributed by atoms with E-state index in [0.717, 1.165) is 21.0 Å². The fourth-order valence-electron chi connectivity index (χ4n) is 2.67. The Morgan fingerprint density at radius 1 is 1.18 bits per heavy atom. The number of amides is 2. The minimum Gasteiger partial charge on any atom is -0.348 e. The largest absolute Gasteiger partial charge is 0.348 e. The van der Waals surface area contributed by atoms with Gasteiger partial charge >= 0.3 is 0 Å². The van der Waals surface area contributed by atoms with Crippen LogP contribution in [0.2, 0.25) is 5.02 Å². The molecule has 1 unspecified atom stereocenters. The average Bonchev–Trinajstić information content (AvgIpc) is 3.12. The first kappa shape index (κ1) is 20.6. The molecule has 3 aromatic rings. The number of carbonyl (C=O) groups is 2. The van der Waals surface area contributed by atoms with E-state index in [4.69, 9.17) is 11.6 Å². The number of hydrogen-bond donors (Lipinski definition) is 2. The first-order chi connectivity index (χ1) is 13.6. The van der Waals surface area contributed by atoms with Gasteiger partial charge in [-0.1, -0.05) is 35.9 Å². The molecule has 2 aromatic carbocycles. The Balaban J connectivity index is 1.65. The van der Waals surface area contributed by atoms with Crippen LogP contribution in [0, 0.1) is 0 Å². The third kappa shape index (κ3) is 5.25. The van der Waals surface area contributed by atoms with Gasteiger partial charge in [-0.15, -0.1) is 11.3 Å². The maximum absolute atomic E-state index is 12.7. The van der Waals surface area contributed by atoms with Crippen LogP contribution in [0.15, 0.2) is 48.5 Å². The molecule has 0 aliphatic rings. The van der Waals surface area contributed by atoms with Gasteiger partial charge in [0.1, 0.15) is 11.0 Å². The lowest BCUT2D eigenvalue weighted by atomic mass is 10.1. The van der Waals surface area contributed by atoms with Crippen LogP contribution in [-0.4, -0.2) is 34.8 Å². The molecule has 0 fully saturated rings. The van der Waals surface area contributed by atoms with Gasteiger partial charge in [-0.05, 0) is 42.7 Å². The number of thioether (sulfide) groups is 1. The highest BCUT2D eigenvalue weighted by Crippen LogP contribution is 2.21. The molecule has 0 bridgehead atoms. The number of para-hydroxylation sites is 1. The molecule has 0 spiro atoms. The summed E-state index contributed by atoms with van der Waals surface area (Å²) >= 11 is 9.26. The van der Waals surface area contributed by atoms with Crippen LogP contribution >= 0.6 is 34.7 Å². The van der Waals surface area contributed by atoms with Crippen LogP contribution in [0.4, 0.5) is 0 Å². The highest BCUT2D eigenvalue weighted by atomic mass is 35.5. The van der Waals surface area contributed by atoms with Crippen molar-refractivity contribution < 1.29 is 9.59 Å². The van der Waals surface area contributed by atoms with Gasteiger partial charge in [0.05, 0.1) is 27.3 Å². The van der Waals surface area contributed by atoms with Crippen LogP contribution in [0.25, 0.3) is 10.2 Å². The number of carbonyl (C=O) groups excluding carboxylic acids is 2. The number of fused-ring (bicyclic) bond motifs is 1. The van der Waals surface area contributed by atoms with Crippen LogP contribution in [0.5, 0.6) is 0 Å². The number of nitrogens with one attached hydrogen (secondary N) is 2. The summed E-state index contributed by atoms with van der Waals surface area (Å²) in [5, 5.41) is 6.89. The van der Waals surface area contributed by atoms with Crippen molar-refractivity contribution in [1.82, 2.24) is 15.6 Å². The first-order valence-electron chi connectivity index (χ1n) is 8.75. The molecule has 2 N–H and O–H groups in total. The van der Waals surface area contributed by atoms with Crippen molar-refractivity contribution in [1.29, 1.82) is 0 Å². The number of benzene rings is 2. The molecule has 5 nitrogen and oxygen atoms in total. The van der Waals surface area contributed by atoms with Gasteiger partial charge in [0.25, 0.3) is 5.91 Å². The van der Waals surface area contributed by atoms with E-state index in [1.807, 2.05) is 30.5 Å². The molecule has 146 valence electrons. The van der Waals surface area contributed by atoms with Gasteiger partial charge in [-0.2, -0.15) is 11.8 Å². The van der Waals surface area contributed by atoms with Crippen LogP contribution in [0.1, 0.15) is 21.8 Å². The average molecular weight is 434 g/mol. The summed E-state index contributed by atoms with van der Waals surface area (Å²) < 4.78 is 1.08. The quantitative estimate of drug-likeness (QED) is 0.560. The second kappa shape index (κ2) is 9.91. The van der Waals surface area contributed by atoms with Crippen molar-refractivity contribution in [2.75, 3.05) is 12.0 Å². The zero-order valence-electron chi connectivity index (χ0n) is 15.3. The van der Waals surface area contributed by atoms with Gasteiger partial charge in [0.2, 0.25) is 5.91 Å². The Hall–Kier alpha value is -2.09. The Kier molecular flexibility index (Phi) is 7.30.